The molecule has 0 saturated carbocycles. The minimum Gasteiger partial charge on any atom is -0.453 e. The van der Waals surface area contributed by atoms with Crippen LogP contribution in [0, 0.1) is 19.3 Å². The van der Waals surface area contributed by atoms with E-state index in [4.69, 9.17) is 27.5 Å². The van der Waals surface area contributed by atoms with Gasteiger partial charge in [0.25, 0.3) is 0 Å². The lowest BCUT2D eigenvalue weighted by atomic mass is 10.2. The molecule has 0 aliphatic rings. The maximum absolute atomic E-state index is 7.38. The molecule has 0 fully saturated rings. The summed E-state index contributed by atoms with van der Waals surface area (Å²) in [4.78, 5) is 0. The lowest BCUT2D eigenvalue weighted by Gasteiger charge is -2.08. The summed E-state index contributed by atoms with van der Waals surface area (Å²) in [6.45, 7) is 3.81. The van der Waals surface area contributed by atoms with Crippen LogP contribution in [-0.4, -0.2) is 15.6 Å². The fourth-order valence-electron chi connectivity index (χ4n) is 1.80. The second-order valence-corrected chi connectivity index (χ2v) is 4.69. The van der Waals surface area contributed by atoms with E-state index in [1.807, 2.05) is 20.9 Å². The van der Waals surface area contributed by atoms with Gasteiger partial charge in [0.15, 0.2) is 5.75 Å². The van der Waals surface area contributed by atoms with Gasteiger partial charge in [-0.15, -0.1) is 0 Å². The molecule has 0 spiro atoms. The highest BCUT2D eigenvalue weighted by Gasteiger charge is 2.13. The topological polar surface area (TPSA) is 76.9 Å². The van der Waals surface area contributed by atoms with E-state index in [9.17, 15) is 0 Å². The maximum atomic E-state index is 7.38. The number of nitrogens with two attached hydrogens (primary N) is 1. The molecule has 0 saturated heterocycles. The Morgan fingerprint density at radius 3 is 2.58 bits per heavy atom. The number of hydrogen-bond acceptors (Lipinski definition) is 3. The molecule has 0 aliphatic heterocycles. The van der Waals surface area contributed by atoms with Gasteiger partial charge in [-0.3, -0.25) is 10.1 Å². The Bertz CT molecular complexity index is 648. The van der Waals surface area contributed by atoms with Gasteiger partial charge in [-0.05, 0) is 26.0 Å². The summed E-state index contributed by atoms with van der Waals surface area (Å²) in [5.41, 5.74) is 7.65. The van der Waals surface area contributed by atoms with E-state index in [0.29, 0.717) is 22.1 Å². The van der Waals surface area contributed by atoms with E-state index >= 15 is 0 Å². The average Bonchev–Trinajstić information content (AvgIpc) is 2.56. The second-order valence-electron chi connectivity index (χ2n) is 4.28. The number of nitrogens with one attached hydrogen (secondary N) is 1. The van der Waals surface area contributed by atoms with Gasteiger partial charge in [-0.1, -0.05) is 11.6 Å². The van der Waals surface area contributed by atoms with Gasteiger partial charge in [0.2, 0.25) is 0 Å². The number of nitrogen functional groups attached to an aromatic ring is 1. The number of rotatable bonds is 3. The normalized spacial score (nSPS) is 10.5. The van der Waals surface area contributed by atoms with Crippen LogP contribution < -0.4 is 10.5 Å². The van der Waals surface area contributed by atoms with E-state index in [2.05, 4.69) is 5.10 Å². The summed E-state index contributed by atoms with van der Waals surface area (Å²) in [7, 11) is 1.86. The predicted molar refractivity (Wildman–Crippen MR) is 75.2 cm³/mol. The fourth-order valence-corrected chi connectivity index (χ4v) is 2.07. The first kappa shape index (κ1) is 13.4. The van der Waals surface area contributed by atoms with Crippen molar-refractivity contribution in [3.8, 4) is 11.5 Å². The predicted octanol–water partition coefficient (Wildman–Crippen LogP) is 2.77. The quantitative estimate of drug-likeness (QED) is 0.669. The number of aryl methyl sites for hydroxylation is 2. The van der Waals surface area contributed by atoms with Crippen molar-refractivity contribution in [3.63, 3.8) is 0 Å². The minimum absolute atomic E-state index is 0.0645. The fraction of sp³-hybridized carbons (Fsp3) is 0.231. The monoisotopic (exact) mass is 278 g/mol. The number of hydrogen-bond donors (Lipinski definition) is 2. The van der Waals surface area contributed by atoms with Crippen LogP contribution in [0.4, 0.5) is 0 Å². The Balaban J connectivity index is 2.34. The summed E-state index contributed by atoms with van der Waals surface area (Å²) in [6, 6.07) is 5.04. The van der Waals surface area contributed by atoms with Crippen molar-refractivity contribution in [2.45, 2.75) is 13.8 Å². The zero-order chi connectivity index (χ0) is 14.2. The van der Waals surface area contributed by atoms with Crippen LogP contribution in [0.5, 0.6) is 11.5 Å². The van der Waals surface area contributed by atoms with E-state index in [1.165, 1.54) is 0 Å². The van der Waals surface area contributed by atoms with Crippen LogP contribution in [0.15, 0.2) is 18.2 Å². The molecular formula is C13H15ClN4O. The summed E-state index contributed by atoms with van der Waals surface area (Å²) in [5, 5.41) is 12.1. The van der Waals surface area contributed by atoms with Gasteiger partial charge in [-0.2, -0.15) is 5.10 Å². The molecular weight excluding hydrogens is 264 g/mol. The zero-order valence-electron chi connectivity index (χ0n) is 11.0. The van der Waals surface area contributed by atoms with Crippen molar-refractivity contribution in [2.75, 3.05) is 0 Å². The van der Waals surface area contributed by atoms with Crippen LogP contribution in [0.1, 0.15) is 17.0 Å². The molecule has 0 atom stereocenters. The van der Waals surface area contributed by atoms with Gasteiger partial charge in [0.05, 0.1) is 10.7 Å². The Morgan fingerprint density at radius 2 is 2.11 bits per heavy atom. The van der Waals surface area contributed by atoms with Crippen LogP contribution in [0.25, 0.3) is 0 Å². The lowest BCUT2D eigenvalue weighted by Crippen LogP contribution is -2.11. The van der Waals surface area contributed by atoms with Crippen molar-refractivity contribution < 1.29 is 4.74 Å². The smallest absolute Gasteiger partial charge is 0.171 e. The highest BCUT2D eigenvalue weighted by Crippen LogP contribution is 2.30. The van der Waals surface area contributed by atoms with Gasteiger partial charge in [0, 0.05) is 18.7 Å². The highest BCUT2D eigenvalue weighted by atomic mass is 35.5. The van der Waals surface area contributed by atoms with Crippen molar-refractivity contribution in [2.24, 2.45) is 12.8 Å². The molecule has 1 aromatic carbocycles. The first-order chi connectivity index (χ1) is 8.90. The molecule has 0 unspecified atom stereocenters. The van der Waals surface area contributed by atoms with Gasteiger partial charge in [0.1, 0.15) is 17.3 Å². The van der Waals surface area contributed by atoms with E-state index in [-0.39, 0.29) is 5.84 Å². The summed E-state index contributed by atoms with van der Waals surface area (Å²) in [5.74, 6) is 1.24. The lowest BCUT2D eigenvalue weighted by molar-refractivity contribution is 0.474. The second kappa shape index (κ2) is 4.93. The molecule has 3 N–H and O–H groups in total. The van der Waals surface area contributed by atoms with E-state index in [1.54, 1.807) is 22.9 Å². The molecule has 6 heteroatoms. The molecule has 19 heavy (non-hydrogen) atoms. The molecule has 5 nitrogen and oxygen atoms in total. The average molecular weight is 279 g/mol. The summed E-state index contributed by atoms with van der Waals surface area (Å²) < 4.78 is 7.56. The number of ether oxygens (including phenoxy) is 1. The molecule has 0 radical (unpaired) electrons. The molecule has 0 amide bonds. The van der Waals surface area contributed by atoms with Gasteiger partial charge < -0.3 is 10.5 Å². The number of benzene rings is 1. The molecule has 1 aromatic heterocycles. The Morgan fingerprint density at radius 1 is 1.42 bits per heavy atom. The molecule has 0 bridgehead atoms. The molecule has 1 heterocycles. The molecule has 100 valence electrons. The van der Waals surface area contributed by atoms with Crippen molar-refractivity contribution in [3.05, 3.63) is 40.2 Å². The zero-order valence-corrected chi connectivity index (χ0v) is 11.7. The minimum atomic E-state index is -0.0645. The number of nitrogens with zero attached hydrogens (tertiary/aromatic N) is 2. The third-order valence-corrected chi connectivity index (χ3v) is 3.21. The number of aromatic nitrogens is 2. The standard InChI is InChI=1S/C13H15ClN4O/c1-7-12(8(2)18(3)17-7)19-9-4-5-10(13(15)16)11(14)6-9/h4-6H,1-3H3,(H3,15,16). The first-order valence-electron chi connectivity index (χ1n) is 5.72. The van der Waals surface area contributed by atoms with E-state index in [0.717, 1.165) is 11.4 Å². The third kappa shape index (κ3) is 2.56. The van der Waals surface area contributed by atoms with Gasteiger partial charge >= 0.3 is 0 Å². The molecule has 2 aromatic rings. The number of amidine groups is 1. The van der Waals surface area contributed by atoms with Crippen molar-refractivity contribution in [1.29, 1.82) is 5.41 Å². The van der Waals surface area contributed by atoms with E-state index < -0.39 is 0 Å². The highest BCUT2D eigenvalue weighted by molar-refractivity contribution is 6.34. The van der Waals surface area contributed by atoms with Crippen LogP contribution in [0.2, 0.25) is 5.02 Å². The largest absolute Gasteiger partial charge is 0.453 e. The third-order valence-electron chi connectivity index (χ3n) is 2.89. The Hall–Kier alpha value is -2.01. The first-order valence-corrected chi connectivity index (χ1v) is 6.10. The summed E-state index contributed by atoms with van der Waals surface area (Å²) >= 11 is 6.05. The van der Waals surface area contributed by atoms with Crippen molar-refractivity contribution in [1.82, 2.24) is 9.78 Å². The van der Waals surface area contributed by atoms with Gasteiger partial charge in [-0.25, -0.2) is 0 Å². The molecule has 0 aliphatic carbocycles. The summed E-state index contributed by atoms with van der Waals surface area (Å²) in [6.07, 6.45) is 0. The van der Waals surface area contributed by atoms with Crippen LogP contribution in [-0.2, 0) is 7.05 Å². The van der Waals surface area contributed by atoms with Crippen LogP contribution >= 0.6 is 11.6 Å². The molecule has 2 rings (SSSR count). The maximum Gasteiger partial charge on any atom is 0.171 e. The van der Waals surface area contributed by atoms with Crippen LogP contribution in [0.3, 0.4) is 0 Å². The number of halogens is 1. The Kier molecular flexibility index (Phi) is 3.48. The SMILES string of the molecule is Cc1nn(C)c(C)c1Oc1ccc(C(=N)N)c(Cl)c1. The Labute approximate surface area is 116 Å². The van der Waals surface area contributed by atoms with Crippen molar-refractivity contribution >= 4 is 17.4 Å².